The number of benzene rings is 2. The van der Waals surface area contributed by atoms with Crippen molar-refractivity contribution >= 4 is 11.9 Å². The van der Waals surface area contributed by atoms with E-state index >= 15 is 0 Å². The van der Waals surface area contributed by atoms with Crippen LogP contribution >= 0.6 is 0 Å². The van der Waals surface area contributed by atoms with Crippen molar-refractivity contribution in [3.8, 4) is 5.75 Å². The summed E-state index contributed by atoms with van der Waals surface area (Å²) in [6, 6.07) is 16.7. The van der Waals surface area contributed by atoms with E-state index in [-0.39, 0.29) is 18.6 Å². The molecule has 0 radical (unpaired) electrons. The first-order chi connectivity index (χ1) is 11.1. The minimum absolute atomic E-state index is 0.297. The number of hydrogen-bond acceptors (Lipinski definition) is 4. The van der Waals surface area contributed by atoms with Crippen molar-refractivity contribution in [2.24, 2.45) is 0 Å². The van der Waals surface area contributed by atoms with Crippen molar-refractivity contribution in [3.05, 3.63) is 65.7 Å². The van der Waals surface area contributed by atoms with Crippen molar-refractivity contribution in [1.82, 2.24) is 5.32 Å². The fourth-order valence-electron chi connectivity index (χ4n) is 2.17. The highest BCUT2D eigenvalue weighted by atomic mass is 16.5. The fourth-order valence-corrected chi connectivity index (χ4v) is 2.17. The van der Waals surface area contributed by atoms with E-state index in [4.69, 9.17) is 9.47 Å². The molecular weight excluding hydrogens is 294 g/mol. The molecule has 23 heavy (non-hydrogen) atoms. The van der Waals surface area contributed by atoms with Gasteiger partial charge in [0.05, 0.1) is 13.2 Å². The molecule has 2 aromatic rings. The summed E-state index contributed by atoms with van der Waals surface area (Å²) >= 11 is 0. The molecule has 0 heterocycles. The highest BCUT2D eigenvalue weighted by Crippen LogP contribution is 2.24. The molecule has 1 N–H and O–H groups in total. The molecule has 2 aromatic carbocycles. The molecule has 5 heteroatoms. The van der Waals surface area contributed by atoms with Gasteiger partial charge in [-0.15, -0.1) is 0 Å². The van der Waals surface area contributed by atoms with Crippen LogP contribution in [0.4, 0.5) is 0 Å². The normalized spacial score (nSPS) is 11.4. The molecule has 0 aliphatic carbocycles. The van der Waals surface area contributed by atoms with Gasteiger partial charge < -0.3 is 14.8 Å². The third-order valence-corrected chi connectivity index (χ3v) is 3.29. The summed E-state index contributed by atoms with van der Waals surface area (Å²) < 4.78 is 9.90. The standard InChI is InChI=1S/C18H19NO4/c1-13(20)23-12-17(21)19-18(14-6-4-3-5-7-14)15-8-10-16(22-2)11-9-15/h3-11,18H,12H2,1-2H3,(H,19,21)/t18-/m1/s1. The van der Waals surface area contributed by atoms with E-state index < -0.39 is 5.97 Å². The maximum atomic E-state index is 12.0. The van der Waals surface area contributed by atoms with E-state index in [1.54, 1.807) is 7.11 Å². The zero-order valence-electron chi connectivity index (χ0n) is 13.1. The summed E-state index contributed by atoms with van der Waals surface area (Å²) in [5.41, 5.74) is 1.85. The molecule has 0 bridgehead atoms. The van der Waals surface area contributed by atoms with Crippen LogP contribution in [0.5, 0.6) is 5.75 Å². The lowest BCUT2D eigenvalue weighted by atomic mass is 9.98. The lowest BCUT2D eigenvalue weighted by molar-refractivity contribution is -0.146. The molecule has 0 aliphatic heterocycles. The Balaban J connectivity index is 2.21. The summed E-state index contributed by atoms with van der Waals surface area (Å²) in [4.78, 5) is 22.8. The molecule has 0 saturated carbocycles. The number of ether oxygens (including phenoxy) is 2. The number of esters is 1. The number of hydrogen-bond donors (Lipinski definition) is 1. The van der Waals surface area contributed by atoms with Crippen LogP contribution in [0.3, 0.4) is 0 Å². The van der Waals surface area contributed by atoms with Gasteiger partial charge in [-0.25, -0.2) is 0 Å². The summed E-state index contributed by atoms with van der Waals surface area (Å²) in [6.45, 7) is 0.972. The van der Waals surface area contributed by atoms with Crippen LogP contribution in [0.1, 0.15) is 24.1 Å². The van der Waals surface area contributed by atoms with Crippen molar-refractivity contribution in [1.29, 1.82) is 0 Å². The Hall–Kier alpha value is -2.82. The Morgan fingerprint density at radius 2 is 1.61 bits per heavy atom. The molecule has 0 saturated heterocycles. The van der Waals surface area contributed by atoms with Crippen LogP contribution in [-0.4, -0.2) is 25.6 Å². The van der Waals surface area contributed by atoms with Gasteiger partial charge in [-0.3, -0.25) is 9.59 Å². The largest absolute Gasteiger partial charge is 0.497 e. The smallest absolute Gasteiger partial charge is 0.303 e. The summed E-state index contributed by atoms with van der Waals surface area (Å²) in [5.74, 6) is -0.0995. The first-order valence-corrected chi connectivity index (χ1v) is 7.22. The van der Waals surface area contributed by atoms with Crippen molar-refractivity contribution in [3.63, 3.8) is 0 Å². The molecule has 1 atom stereocenters. The minimum atomic E-state index is -0.485. The Labute approximate surface area is 135 Å². The van der Waals surface area contributed by atoms with E-state index in [2.05, 4.69) is 5.32 Å². The van der Waals surface area contributed by atoms with Gasteiger partial charge in [-0.05, 0) is 23.3 Å². The van der Waals surface area contributed by atoms with Crippen molar-refractivity contribution < 1.29 is 19.1 Å². The maximum Gasteiger partial charge on any atom is 0.303 e. The average molecular weight is 313 g/mol. The number of amides is 1. The molecule has 120 valence electrons. The summed E-state index contributed by atoms with van der Waals surface area (Å²) in [6.07, 6.45) is 0. The van der Waals surface area contributed by atoms with Gasteiger partial charge in [0.2, 0.25) is 0 Å². The Kier molecular flexibility index (Phi) is 5.74. The highest BCUT2D eigenvalue weighted by molar-refractivity contribution is 5.80. The van der Waals surface area contributed by atoms with Crippen LogP contribution in [0, 0.1) is 0 Å². The van der Waals surface area contributed by atoms with Gasteiger partial charge in [0.1, 0.15) is 5.75 Å². The molecular formula is C18H19NO4. The number of rotatable bonds is 6. The summed E-state index contributed by atoms with van der Waals surface area (Å²) in [7, 11) is 1.60. The molecule has 0 fully saturated rings. The second kappa shape index (κ2) is 7.98. The third-order valence-electron chi connectivity index (χ3n) is 3.29. The quantitative estimate of drug-likeness (QED) is 0.832. The monoisotopic (exact) mass is 313 g/mol. The van der Waals surface area contributed by atoms with E-state index in [9.17, 15) is 9.59 Å². The molecule has 5 nitrogen and oxygen atoms in total. The van der Waals surface area contributed by atoms with E-state index in [0.717, 1.165) is 16.9 Å². The maximum absolute atomic E-state index is 12.0. The second-order valence-electron chi connectivity index (χ2n) is 4.96. The Bertz CT molecular complexity index is 652. The number of nitrogens with one attached hydrogen (secondary N) is 1. The SMILES string of the molecule is COc1ccc([C@H](NC(=O)COC(C)=O)c2ccccc2)cc1. The van der Waals surface area contributed by atoms with Crippen LogP contribution in [0.15, 0.2) is 54.6 Å². The molecule has 0 spiro atoms. The number of methoxy groups -OCH3 is 1. The topological polar surface area (TPSA) is 64.6 Å². The van der Waals surface area contributed by atoms with Crippen LogP contribution < -0.4 is 10.1 Å². The zero-order valence-corrected chi connectivity index (χ0v) is 13.1. The average Bonchev–Trinajstić information content (AvgIpc) is 2.59. The Morgan fingerprint density at radius 3 is 2.17 bits per heavy atom. The summed E-state index contributed by atoms with van der Waals surface area (Å²) in [5, 5.41) is 2.89. The van der Waals surface area contributed by atoms with Crippen LogP contribution in [0.25, 0.3) is 0 Å². The van der Waals surface area contributed by atoms with Gasteiger partial charge in [0, 0.05) is 6.92 Å². The molecule has 0 unspecified atom stereocenters. The first-order valence-electron chi connectivity index (χ1n) is 7.22. The van der Waals surface area contributed by atoms with Crippen molar-refractivity contribution in [2.45, 2.75) is 13.0 Å². The molecule has 0 aliphatic rings. The van der Waals surface area contributed by atoms with Gasteiger partial charge >= 0.3 is 5.97 Å². The lowest BCUT2D eigenvalue weighted by Gasteiger charge is -2.20. The zero-order chi connectivity index (χ0) is 16.7. The van der Waals surface area contributed by atoms with E-state index in [1.807, 2.05) is 54.6 Å². The fraction of sp³-hybridized carbons (Fsp3) is 0.222. The predicted octanol–water partition coefficient (Wildman–Crippen LogP) is 2.46. The molecule has 1 amide bonds. The number of carbonyl (C=O) groups is 2. The molecule has 2 rings (SSSR count). The predicted molar refractivity (Wildman–Crippen MR) is 86.1 cm³/mol. The third kappa shape index (κ3) is 4.85. The van der Waals surface area contributed by atoms with Crippen molar-refractivity contribution in [2.75, 3.05) is 13.7 Å². The van der Waals surface area contributed by atoms with Gasteiger partial charge in [0.15, 0.2) is 6.61 Å². The van der Waals surface area contributed by atoms with E-state index in [1.165, 1.54) is 6.92 Å². The van der Waals surface area contributed by atoms with Crippen LogP contribution in [0.2, 0.25) is 0 Å². The van der Waals surface area contributed by atoms with Crippen LogP contribution in [-0.2, 0) is 14.3 Å². The van der Waals surface area contributed by atoms with E-state index in [0.29, 0.717) is 0 Å². The highest BCUT2D eigenvalue weighted by Gasteiger charge is 2.17. The lowest BCUT2D eigenvalue weighted by Crippen LogP contribution is -2.32. The van der Waals surface area contributed by atoms with Gasteiger partial charge in [-0.2, -0.15) is 0 Å². The number of carbonyl (C=O) groups excluding carboxylic acids is 2. The first kappa shape index (κ1) is 16.5. The second-order valence-corrected chi connectivity index (χ2v) is 4.96. The van der Waals surface area contributed by atoms with Gasteiger partial charge in [-0.1, -0.05) is 42.5 Å². The Morgan fingerprint density at radius 1 is 1.00 bits per heavy atom. The molecule has 0 aromatic heterocycles. The minimum Gasteiger partial charge on any atom is -0.497 e. The van der Waals surface area contributed by atoms with Gasteiger partial charge in [0.25, 0.3) is 5.91 Å².